The Hall–Kier alpha value is -4.38. The van der Waals surface area contributed by atoms with E-state index >= 15 is 0 Å². The molecule has 3 rings (SSSR count). The molecule has 41 heavy (non-hydrogen) atoms. The highest BCUT2D eigenvalue weighted by molar-refractivity contribution is 6.00. The lowest BCUT2D eigenvalue weighted by atomic mass is 9.97. The van der Waals surface area contributed by atoms with Gasteiger partial charge in [-0.3, -0.25) is 9.59 Å². The number of amides is 3. The maximum atomic E-state index is 14.1. The molecule has 0 radical (unpaired) electrons. The van der Waals surface area contributed by atoms with Crippen LogP contribution in [-0.2, 0) is 14.3 Å². The molecule has 0 aliphatic heterocycles. The summed E-state index contributed by atoms with van der Waals surface area (Å²) in [5, 5.41) is 17.4. The summed E-state index contributed by atoms with van der Waals surface area (Å²) >= 11 is 0. The number of carbonyl (C=O) groups is 3. The van der Waals surface area contributed by atoms with Crippen LogP contribution in [0.5, 0.6) is 0 Å². The van der Waals surface area contributed by atoms with Gasteiger partial charge in [-0.1, -0.05) is 62.4 Å². The number of nitrogens with zero attached hydrogens (tertiary/aromatic N) is 2. The van der Waals surface area contributed by atoms with E-state index in [1.165, 1.54) is 4.90 Å². The molecule has 0 fully saturated rings. The number of benzene rings is 3. The van der Waals surface area contributed by atoms with Crippen molar-refractivity contribution in [1.82, 2.24) is 10.2 Å². The molecule has 216 valence electrons. The highest BCUT2D eigenvalue weighted by Gasteiger charge is 2.36. The first-order valence-electron chi connectivity index (χ1n) is 13.8. The molecule has 8 heteroatoms. The molecule has 0 bridgehead atoms. The van der Waals surface area contributed by atoms with Crippen molar-refractivity contribution in [3.05, 3.63) is 77.4 Å². The van der Waals surface area contributed by atoms with E-state index in [4.69, 9.17) is 4.74 Å². The minimum atomic E-state index is -1.12. The number of aryl methyl sites for hydroxylation is 2. The molecule has 8 nitrogen and oxygen atoms in total. The number of alkyl carbamates (subject to hydrolysis) is 1. The molecule has 0 heterocycles. The summed E-state index contributed by atoms with van der Waals surface area (Å²) in [6, 6.07) is 18.9. The lowest BCUT2D eigenvalue weighted by Crippen LogP contribution is -2.53. The highest BCUT2D eigenvalue weighted by Crippen LogP contribution is 2.28. The fraction of sp³-hybridized carbons (Fsp3) is 0.394. The van der Waals surface area contributed by atoms with Crippen LogP contribution in [0.1, 0.15) is 63.8 Å². The molecule has 0 saturated carbocycles. The number of hydrogen-bond donors (Lipinski definition) is 2. The van der Waals surface area contributed by atoms with Gasteiger partial charge in [-0.2, -0.15) is 5.26 Å². The van der Waals surface area contributed by atoms with Crippen molar-refractivity contribution in [2.75, 3.05) is 11.9 Å². The zero-order valence-corrected chi connectivity index (χ0v) is 24.9. The molecule has 3 aromatic rings. The fourth-order valence-electron chi connectivity index (χ4n) is 4.60. The van der Waals surface area contributed by atoms with Gasteiger partial charge in [0, 0.05) is 5.69 Å². The number of nitrogens with one attached hydrogen (secondary N) is 2. The number of anilines is 1. The molecule has 2 unspecified atom stereocenters. The van der Waals surface area contributed by atoms with Gasteiger partial charge in [0.05, 0.1) is 6.07 Å². The third-order valence-corrected chi connectivity index (χ3v) is 6.64. The minimum Gasteiger partial charge on any atom is -0.444 e. The van der Waals surface area contributed by atoms with Gasteiger partial charge in [0.25, 0.3) is 5.91 Å². The smallest absolute Gasteiger partial charge is 0.408 e. The Balaban J connectivity index is 2.03. The zero-order valence-electron chi connectivity index (χ0n) is 24.9. The predicted molar refractivity (Wildman–Crippen MR) is 161 cm³/mol. The molecule has 2 atom stereocenters. The third-order valence-electron chi connectivity index (χ3n) is 6.64. The second kappa shape index (κ2) is 13.3. The van der Waals surface area contributed by atoms with Crippen LogP contribution in [0, 0.1) is 31.1 Å². The second-order valence-corrected chi connectivity index (χ2v) is 11.8. The van der Waals surface area contributed by atoms with Crippen LogP contribution in [0.2, 0.25) is 0 Å². The lowest BCUT2D eigenvalue weighted by molar-refractivity contribution is -0.140. The van der Waals surface area contributed by atoms with Gasteiger partial charge in [-0.15, -0.1) is 0 Å². The first kappa shape index (κ1) is 31.2. The Bertz CT molecular complexity index is 1450. The van der Waals surface area contributed by atoms with E-state index in [1.807, 2.05) is 82.3 Å². The summed E-state index contributed by atoms with van der Waals surface area (Å²) in [7, 11) is 0. The zero-order chi connectivity index (χ0) is 30.3. The van der Waals surface area contributed by atoms with E-state index in [9.17, 15) is 19.6 Å². The largest absolute Gasteiger partial charge is 0.444 e. The highest BCUT2D eigenvalue weighted by atomic mass is 16.6. The molecule has 2 N–H and O–H groups in total. The summed E-state index contributed by atoms with van der Waals surface area (Å²) in [4.78, 5) is 42.0. The van der Waals surface area contributed by atoms with Crippen LogP contribution in [0.4, 0.5) is 10.5 Å². The van der Waals surface area contributed by atoms with Crippen molar-refractivity contribution in [3.8, 4) is 6.07 Å². The van der Waals surface area contributed by atoms with E-state index in [2.05, 4.69) is 10.6 Å². The molecule has 0 saturated heterocycles. The van der Waals surface area contributed by atoms with Gasteiger partial charge in [-0.25, -0.2) is 4.79 Å². The summed E-state index contributed by atoms with van der Waals surface area (Å²) < 4.78 is 5.41. The Morgan fingerprint density at radius 2 is 1.63 bits per heavy atom. The number of carbonyl (C=O) groups excluding carboxylic acids is 3. The normalized spacial score (nSPS) is 12.8. The van der Waals surface area contributed by atoms with Gasteiger partial charge in [0.1, 0.15) is 24.2 Å². The van der Waals surface area contributed by atoms with Gasteiger partial charge >= 0.3 is 6.09 Å². The Morgan fingerprint density at radius 3 is 2.24 bits per heavy atom. The molecule has 0 spiro atoms. The van der Waals surface area contributed by atoms with E-state index in [0.29, 0.717) is 17.7 Å². The van der Waals surface area contributed by atoms with Crippen molar-refractivity contribution in [1.29, 1.82) is 5.26 Å². The molecule has 3 amide bonds. The number of fused-ring (bicyclic) bond motifs is 1. The van der Waals surface area contributed by atoms with E-state index < -0.39 is 35.6 Å². The van der Waals surface area contributed by atoms with Crippen molar-refractivity contribution < 1.29 is 19.1 Å². The Labute approximate surface area is 242 Å². The third kappa shape index (κ3) is 8.55. The Kier molecular flexibility index (Phi) is 10.1. The summed E-state index contributed by atoms with van der Waals surface area (Å²) in [6.45, 7) is 12.6. The number of ether oxygens (including phenoxy) is 1. The van der Waals surface area contributed by atoms with Gasteiger partial charge in [-0.05, 0) is 86.6 Å². The molecule has 0 aliphatic rings. The maximum absolute atomic E-state index is 14.1. The average Bonchev–Trinajstić information content (AvgIpc) is 2.88. The van der Waals surface area contributed by atoms with Crippen molar-refractivity contribution in [3.63, 3.8) is 0 Å². The van der Waals surface area contributed by atoms with Crippen LogP contribution in [0.25, 0.3) is 10.8 Å². The van der Waals surface area contributed by atoms with Crippen LogP contribution in [0.15, 0.2) is 60.7 Å². The first-order chi connectivity index (χ1) is 19.3. The quantitative estimate of drug-likeness (QED) is 0.295. The van der Waals surface area contributed by atoms with Crippen molar-refractivity contribution in [2.24, 2.45) is 5.92 Å². The second-order valence-electron chi connectivity index (χ2n) is 11.8. The predicted octanol–water partition coefficient (Wildman–Crippen LogP) is 6.43. The topological polar surface area (TPSA) is 112 Å². The van der Waals surface area contributed by atoms with Crippen molar-refractivity contribution in [2.45, 2.75) is 72.6 Å². The number of rotatable bonds is 9. The maximum Gasteiger partial charge on any atom is 0.408 e. The minimum absolute atomic E-state index is 0.0364. The molecule has 0 aliphatic carbocycles. The SMILES string of the molecule is Cc1ccc(C(C(=O)Nc2ccc3ccccc3c2)N(CC#N)C(=O)C(CC(C)C)NC(=O)OC(C)(C)C)cc1C. The number of hydrogen-bond acceptors (Lipinski definition) is 5. The van der Waals surface area contributed by atoms with Crippen LogP contribution in [0.3, 0.4) is 0 Å². The monoisotopic (exact) mass is 556 g/mol. The fourth-order valence-corrected chi connectivity index (χ4v) is 4.60. The van der Waals surface area contributed by atoms with E-state index in [1.54, 1.807) is 32.9 Å². The molecule has 0 aromatic heterocycles. The van der Waals surface area contributed by atoms with Gasteiger partial charge in [0.15, 0.2) is 0 Å². The average molecular weight is 557 g/mol. The summed E-state index contributed by atoms with van der Waals surface area (Å²) in [6.07, 6.45) is -0.442. The number of nitriles is 1. The van der Waals surface area contributed by atoms with Gasteiger partial charge in [0.2, 0.25) is 5.91 Å². The summed E-state index contributed by atoms with van der Waals surface area (Å²) in [5.41, 5.74) is 2.35. The van der Waals surface area contributed by atoms with Gasteiger partial charge < -0.3 is 20.3 Å². The van der Waals surface area contributed by atoms with E-state index in [0.717, 1.165) is 21.9 Å². The molecular formula is C33H40N4O4. The van der Waals surface area contributed by atoms with Crippen molar-refractivity contribution >= 4 is 34.4 Å². The lowest BCUT2D eigenvalue weighted by Gasteiger charge is -2.33. The Morgan fingerprint density at radius 1 is 0.951 bits per heavy atom. The first-order valence-corrected chi connectivity index (χ1v) is 13.8. The van der Waals surface area contributed by atoms with Crippen LogP contribution in [-0.4, -0.2) is 41.0 Å². The standard InChI is InChI=1S/C33H40N4O4/c1-21(2)18-28(36-32(40)41-33(5,6)7)31(39)37(17-16-34)29(26-13-12-22(3)23(4)19-26)30(38)35-27-15-14-24-10-8-9-11-25(24)20-27/h8-15,19-21,28-29H,17-18H2,1-7H3,(H,35,38)(H,36,40). The molecule has 3 aromatic carbocycles. The molecular weight excluding hydrogens is 516 g/mol. The van der Waals surface area contributed by atoms with E-state index in [-0.39, 0.29) is 12.5 Å². The van der Waals surface area contributed by atoms with Crippen LogP contribution < -0.4 is 10.6 Å². The van der Waals surface area contributed by atoms with Crippen LogP contribution >= 0.6 is 0 Å². The summed E-state index contributed by atoms with van der Waals surface area (Å²) in [5.74, 6) is -0.968.